The first kappa shape index (κ1) is 39.8. The Hall–Kier alpha value is -4.04. The zero-order valence-electron chi connectivity index (χ0n) is 33.0. The molecule has 3 aliphatic heterocycles. The summed E-state index contributed by atoms with van der Waals surface area (Å²) in [4.78, 5) is 65.7. The number of hydrogen-bond acceptors (Lipinski definition) is 10. The third kappa shape index (κ3) is 8.31. The lowest BCUT2D eigenvalue weighted by atomic mass is 9.77. The Morgan fingerprint density at radius 2 is 1.86 bits per heavy atom. The molecule has 1 aromatic carbocycles. The zero-order chi connectivity index (χ0) is 39.9. The van der Waals surface area contributed by atoms with Crippen LogP contribution in [0.15, 0.2) is 37.1 Å². The van der Waals surface area contributed by atoms with Gasteiger partial charge >= 0.3 is 0 Å². The number of nitrogens with zero attached hydrogens (tertiary/aromatic N) is 3. The summed E-state index contributed by atoms with van der Waals surface area (Å²) < 4.78 is 46.7. The van der Waals surface area contributed by atoms with Crippen molar-refractivity contribution in [3.63, 3.8) is 0 Å². The Kier molecular flexibility index (Phi) is 11.4. The van der Waals surface area contributed by atoms with E-state index < -0.39 is 44.7 Å². The number of benzene rings is 1. The van der Waals surface area contributed by atoms with E-state index in [4.69, 9.17) is 14.2 Å². The number of aryl methyl sites for hydroxylation is 1. The molecule has 57 heavy (non-hydrogen) atoms. The number of carbonyl (C=O) groups is 4. The molecule has 2 saturated heterocycles. The molecule has 2 aromatic rings. The van der Waals surface area contributed by atoms with E-state index in [1.165, 1.54) is 0 Å². The molecule has 8 rings (SSSR count). The molecule has 0 spiro atoms. The molecule has 6 aliphatic rings. The van der Waals surface area contributed by atoms with Gasteiger partial charge in [0, 0.05) is 56.5 Å². The second kappa shape index (κ2) is 16.3. The van der Waals surface area contributed by atoms with Crippen molar-refractivity contribution < 1.29 is 41.8 Å². The summed E-state index contributed by atoms with van der Waals surface area (Å²) in [5.74, 6) is -1.22. The van der Waals surface area contributed by atoms with Crippen LogP contribution < -0.4 is 14.2 Å². The van der Waals surface area contributed by atoms with Gasteiger partial charge in [-0.25, -0.2) is 13.4 Å². The first-order valence-electron chi connectivity index (χ1n) is 21.0. The molecule has 3 aliphatic carbocycles. The number of fused-ring (bicyclic) bond motifs is 5. The molecule has 6 atom stereocenters. The van der Waals surface area contributed by atoms with Crippen LogP contribution >= 0.6 is 0 Å². The minimum atomic E-state index is -3.85. The number of aromatic nitrogens is 1. The van der Waals surface area contributed by atoms with Crippen molar-refractivity contribution in [1.29, 1.82) is 0 Å². The predicted molar refractivity (Wildman–Crippen MR) is 212 cm³/mol. The monoisotopic (exact) mass is 804 g/mol. The van der Waals surface area contributed by atoms with E-state index in [-0.39, 0.29) is 61.3 Å². The van der Waals surface area contributed by atoms with Crippen LogP contribution in [0.4, 0.5) is 0 Å². The zero-order valence-corrected chi connectivity index (χ0v) is 33.8. The lowest BCUT2D eigenvalue weighted by Gasteiger charge is -2.37. The molecule has 1 aromatic heterocycles. The van der Waals surface area contributed by atoms with Crippen LogP contribution in [0.3, 0.4) is 0 Å². The number of Topliss-reactive ketones (excluding diaryl/α,β-unsaturated/α-hetero) is 1. The average molecular weight is 805 g/mol. The lowest BCUT2D eigenvalue weighted by Crippen LogP contribution is -2.49. The van der Waals surface area contributed by atoms with E-state index >= 15 is 4.79 Å². The number of sulfonamides is 1. The molecule has 5 fully saturated rings. The minimum absolute atomic E-state index is 0.0108. The van der Waals surface area contributed by atoms with Gasteiger partial charge in [-0.1, -0.05) is 25.3 Å². The number of allylic oxidation sites excluding steroid dienone is 1. The highest BCUT2D eigenvalue weighted by molar-refractivity contribution is 7.90. The molecule has 6 bridgehead atoms. The van der Waals surface area contributed by atoms with Gasteiger partial charge in [-0.2, -0.15) is 0 Å². The number of ketones is 1. The van der Waals surface area contributed by atoms with Crippen molar-refractivity contribution in [2.24, 2.45) is 23.2 Å². The van der Waals surface area contributed by atoms with E-state index in [1.54, 1.807) is 24.3 Å². The van der Waals surface area contributed by atoms with E-state index in [0.717, 1.165) is 73.5 Å². The van der Waals surface area contributed by atoms with E-state index in [2.05, 4.69) is 16.3 Å². The first-order chi connectivity index (χ1) is 27.5. The topological polar surface area (TPSA) is 162 Å². The largest absolute Gasteiger partial charge is 0.496 e. The summed E-state index contributed by atoms with van der Waals surface area (Å²) in [5, 5.41) is 1.06. The lowest BCUT2D eigenvalue weighted by molar-refractivity contribution is -0.148. The molecule has 3 saturated carbocycles. The SMILES string of the molecule is C=C[C@H]1C[C@]1(CC(=O)[C@@H]1C[C@@H]2CN1C(=O)[C@H](C1CCCCC1)CC(=O)N1CCC[C@H](C1)OCCCc1cc3c(nccc3cc1OC)O2)C(=O)NS(=O)(=O)C1CC1. The second-order valence-corrected chi connectivity index (χ2v) is 19.3. The number of methoxy groups -OCH3 is 1. The van der Waals surface area contributed by atoms with Gasteiger partial charge in [-0.3, -0.25) is 23.9 Å². The van der Waals surface area contributed by atoms with Crippen LogP contribution in [-0.2, 0) is 40.4 Å². The Bertz CT molecular complexity index is 2010. The molecule has 0 radical (unpaired) electrons. The first-order valence-corrected chi connectivity index (χ1v) is 22.6. The maximum Gasteiger partial charge on any atom is 0.240 e. The van der Waals surface area contributed by atoms with Crippen LogP contribution in [0, 0.1) is 23.2 Å². The maximum atomic E-state index is 15.1. The highest BCUT2D eigenvalue weighted by atomic mass is 32.2. The Labute approximate surface area is 335 Å². The van der Waals surface area contributed by atoms with Crippen LogP contribution in [0.2, 0.25) is 0 Å². The fraction of sp³-hybridized carbons (Fsp3) is 0.651. The van der Waals surface area contributed by atoms with Crippen molar-refractivity contribution in [2.75, 3.05) is 33.4 Å². The molecule has 4 heterocycles. The van der Waals surface area contributed by atoms with E-state index in [1.807, 2.05) is 23.1 Å². The van der Waals surface area contributed by atoms with Gasteiger partial charge in [-0.15, -0.1) is 6.58 Å². The third-order valence-corrected chi connectivity index (χ3v) is 15.3. The van der Waals surface area contributed by atoms with E-state index in [0.29, 0.717) is 51.3 Å². The van der Waals surface area contributed by atoms with Crippen molar-refractivity contribution in [3.05, 3.63) is 42.6 Å². The number of nitrogens with one attached hydrogen (secondary N) is 1. The van der Waals surface area contributed by atoms with Gasteiger partial charge < -0.3 is 24.0 Å². The maximum absolute atomic E-state index is 15.1. The predicted octanol–water partition coefficient (Wildman–Crippen LogP) is 4.89. The molecular weight excluding hydrogens is 749 g/mol. The number of carbonyl (C=O) groups excluding carboxylic acids is 4. The van der Waals surface area contributed by atoms with Crippen LogP contribution in [0.25, 0.3) is 10.8 Å². The number of amides is 3. The second-order valence-electron chi connectivity index (χ2n) is 17.3. The number of hydrogen-bond donors (Lipinski definition) is 1. The minimum Gasteiger partial charge on any atom is -0.496 e. The number of piperidine rings is 1. The van der Waals surface area contributed by atoms with Gasteiger partial charge in [0.05, 0.1) is 36.5 Å². The van der Waals surface area contributed by atoms with Gasteiger partial charge in [0.1, 0.15) is 11.9 Å². The summed E-state index contributed by atoms with van der Waals surface area (Å²) in [5.41, 5.74) is -0.289. The van der Waals surface area contributed by atoms with Crippen molar-refractivity contribution >= 4 is 44.3 Å². The summed E-state index contributed by atoms with van der Waals surface area (Å²) in [7, 11) is -2.20. The standard InChI is InChI=1S/C43H56N4O9S/c1-3-30-23-43(30,42(51)45-57(52,53)33-13-14-33)24-37(48)36-21-32-26-47(36)41(50)35(27-9-5-4-6-10-27)22-39(49)46-17-7-12-31(25-46)55-18-8-11-29-19-34-28(20-38(29)54-2)15-16-44-40(34)56-32/h3,15-16,19-20,27,30-33,35-36H,1,4-14,17-18,21-26H2,2H3,(H,45,51)/t30-,31+,32+,35-,36-,43+/m0/s1. The molecular formula is C43H56N4O9S. The summed E-state index contributed by atoms with van der Waals surface area (Å²) in [6.07, 6.45) is 11.6. The smallest absolute Gasteiger partial charge is 0.240 e. The molecule has 308 valence electrons. The van der Waals surface area contributed by atoms with Crippen molar-refractivity contribution in [3.8, 4) is 11.6 Å². The Balaban J connectivity index is 1.14. The number of pyridine rings is 1. The quantitative estimate of drug-likeness (QED) is 0.346. The van der Waals surface area contributed by atoms with Crippen molar-refractivity contribution in [1.82, 2.24) is 19.5 Å². The number of ether oxygens (including phenoxy) is 3. The average Bonchev–Trinajstić information content (AvgIpc) is 4.15. The molecule has 3 amide bonds. The fourth-order valence-electron chi connectivity index (χ4n) is 9.93. The normalized spacial score (nSPS) is 30.2. The fourth-order valence-corrected chi connectivity index (χ4v) is 11.3. The van der Waals surface area contributed by atoms with Crippen molar-refractivity contribution in [2.45, 2.75) is 120 Å². The molecule has 13 nitrogen and oxygen atoms in total. The summed E-state index contributed by atoms with van der Waals surface area (Å²) in [6.45, 7) is 5.60. The van der Waals surface area contributed by atoms with Gasteiger partial charge in [0.15, 0.2) is 5.78 Å². The summed E-state index contributed by atoms with van der Waals surface area (Å²) in [6, 6.07) is 4.96. The Morgan fingerprint density at radius 1 is 1.05 bits per heavy atom. The highest BCUT2D eigenvalue weighted by Gasteiger charge is 2.61. The van der Waals surface area contributed by atoms with Gasteiger partial charge in [-0.05, 0) is 98.8 Å². The molecule has 14 heteroatoms. The summed E-state index contributed by atoms with van der Waals surface area (Å²) >= 11 is 0. The van der Waals surface area contributed by atoms with Crippen LogP contribution in [0.1, 0.15) is 95.5 Å². The van der Waals surface area contributed by atoms with E-state index in [9.17, 15) is 22.8 Å². The third-order valence-electron chi connectivity index (χ3n) is 13.5. The van der Waals surface area contributed by atoms with Crippen LogP contribution in [0.5, 0.6) is 11.6 Å². The number of rotatable bonds is 9. The van der Waals surface area contributed by atoms with Gasteiger partial charge in [0.2, 0.25) is 33.6 Å². The molecule has 1 N–H and O–H groups in total. The Morgan fingerprint density at radius 3 is 2.60 bits per heavy atom. The highest BCUT2D eigenvalue weighted by Crippen LogP contribution is 2.57. The van der Waals surface area contributed by atoms with Crippen LogP contribution in [-0.4, -0.2) is 104 Å². The molecule has 0 unspecified atom stereocenters. The van der Waals surface area contributed by atoms with Gasteiger partial charge in [0.25, 0.3) is 0 Å².